The summed E-state index contributed by atoms with van der Waals surface area (Å²) in [7, 11) is -3.14. The summed E-state index contributed by atoms with van der Waals surface area (Å²) in [6.45, 7) is 5.20. The van der Waals surface area contributed by atoms with E-state index >= 15 is 0 Å². The average Bonchev–Trinajstić information content (AvgIpc) is 2.66. The summed E-state index contributed by atoms with van der Waals surface area (Å²) in [6, 6.07) is 8.08. The van der Waals surface area contributed by atoms with E-state index in [2.05, 4.69) is 13.0 Å². The number of piperidine rings is 2. The van der Waals surface area contributed by atoms with Crippen LogP contribution in [0.25, 0.3) is 0 Å². The largest absolute Gasteiger partial charge is 0.493 e. The molecule has 0 N–H and O–H groups in total. The number of rotatable bonds is 5. The van der Waals surface area contributed by atoms with Gasteiger partial charge in [-0.25, -0.2) is 12.7 Å². The molecule has 0 aromatic heterocycles. The van der Waals surface area contributed by atoms with Crippen LogP contribution in [-0.2, 0) is 14.8 Å². The molecule has 2 fully saturated rings. The van der Waals surface area contributed by atoms with Crippen molar-refractivity contribution in [2.75, 3.05) is 39.0 Å². The van der Waals surface area contributed by atoms with E-state index in [1.54, 1.807) is 0 Å². The van der Waals surface area contributed by atoms with E-state index in [1.807, 2.05) is 23.1 Å². The fourth-order valence-corrected chi connectivity index (χ4v) is 4.81. The molecular formula is C20H30N2O4S. The number of aryl methyl sites for hydroxylation is 1. The highest BCUT2D eigenvalue weighted by molar-refractivity contribution is 7.88. The molecule has 0 radical (unpaired) electrons. The van der Waals surface area contributed by atoms with Crippen molar-refractivity contribution in [1.82, 2.24) is 9.21 Å². The lowest BCUT2D eigenvalue weighted by molar-refractivity contribution is -0.138. The third-order valence-corrected chi connectivity index (χ3v) is 6.98. The van der Waals surface area contributed by atoms with E-state index in [4.69, 9.17) is 4.74 Å². The van der Waals surface area contributed by atoms with Crippen LogP contribution in [0.1, 0.15) is 31.2 Å². The third kappa shape index (κ3) is 5.45. The van der Waals surface area contributed by atoms with Gasteiger partial charge in [0.25, 0.3) is 0 Å². The molecule has 1 aromatic carbocycles. The molecule has 6 nitrogen and oxygen atoms in total. The molecule has 27 heavy (non-hydrogen) atoms. The van der Waals surface area contributed by atoms with Gasteiger partial charge in [-0.3, -0.25) is 4.79 Å². The van der Waals surface area contributed by atoms with Gasteiger partial charge in [-0.2, -0.15) is 0 Å². The molecule has 150 valence electrons. The molecule has 0 saturated carbocycles. The number of nitrogens with zero attached hydrogens (tertiary/aromatic N) is 2. The Morgan fingerprint density at radius 2 is 1.78 bits per heavy atom. The van der Waals surface area contributed by atoms with Crippen LogP contribution in [0.4, 0.5) is 0 Å². The molecule has 0 aliphatic carbocycles. The maximum atomic E-state index is 12.8. The van der Waals surface area contributed by atoms with Gasteiger partial charge in [0, 0.05) is 32.1 Å². The number of hydrogen-bond acceptors (Lipinski definition) is 4. The molecule has 2 aliphatic rings. The smallest absolute Gasteiger partial charge is 0.225 e. The molecule has 1 amide bonds. The van der Waals surface area contributed by atoms with E-state index < -0.39 is 10.0 Å². The van der Waals surface area contributed by atoms with Gasteiger partial charge in [0.1, 0.15) is 5.75 Å². The van der Waals surface area contributed by atoms with Gasteiger partial charge < -0.3 is 9.64 Å². The molecule has 2 heterocycles. The number of likely N-dealkylation sites (tertiary alicyclic amines) is 1. The molecule has 0 spiro atoms. The summed E-state index contributed by atoms with van der Waals surface area (Å²) in [5.74, 6) is 1.54. The Balaban J connectivity index is 1.42. The lowest BCUT2D eigenvalue weighted by Crippen LogP contribution is -2.46. The van der Waals surface area contributed by atoms with Gasteiger partial charge in [0.05, 0.1) is 12.9 Å². The number of hydrogen-bond donors (Lipinski definition) is 0. The quantitative estimate of drug-likeness (QED) is 0.768. The van der Waals surface area contributed by atoms with Gasteiger partial charge in [0.15, 0.2) is 0 Å². The standard InChI is InChI=1S/C20H30N2O4S/c1-16-4-3-5-19(14-16)26-15-17-6-10-21(11-7-17)20(23)18-8-12-22(13-9-18)27(2,24)25/h3-5,14,17-18H,6-13,15H2,1-2H3. The summed E-state index contributed by atoms with van der Waals surface area (Å²) < 4.78 is 30.6. The first-order valence-electron chi connectivity index (χ1n) is 9.76. The molecule has 3 rings (SSSR count). The van der Waals surface area contributed by atoms with Gasteiger partial charge in [-0.15, -0.1) is 0 Å². The molecule has 2 aliphatic heterocycles. The summed E-state index contributed by atoms with van der Waals surface area (Å²) in [5.41, 5.74) is 1.19. The average molecular weight is 395 g/mol. The maximum absolute atomic E-state index is 12.8. The molecule has 0 unspecified atom stereocenters. The summed E-state index contributed by atoms with van der Waals surface area (Å²) in [6.07, 6.45) is 4.41. The molecule has 0 atom stereocenters. The van der Waals surface area contributed by atoms with E-state index in [-0.39, 0.29) is 11.8 Å². The molecular weight excluding hydrogens is 364 g/mol. The second kappa shape index (κ2) is 8.61. The molecule has 2 saturated heterocycles. The number of carbonyl (C=O) groups is 1. The van der Waals surface area contributed by atoms with Gasteiger partial charge in [0.2, 0.25) is 15.9 Å². The van der Waals surface area contributed by atoms with Gasteiger partial charge in [-0.1, -0.05) is 12.1 Å². The van der Waals surface area contributed by atoms with E-state index in [9.17, 15) is 13.2 Å². The number of ether oxygens (including phenoxy) is 1. The zero-order valence-corrected chi connectivity index (χ0v) is 17.1. The zero-order chi connectivity index (χ0) is 19.4. The molecule has 1 aromatic rings. The van der Waals surface area contributed by atoms with Crippen LogP contribution in [0, 0.1) is 18.8 Å². The first-order valence-corrected chi connectivity index (χ1v) is 11.6. The summed E-state index contributed by atoms with van der Waals surface area (Å²) in [4.78, 5) is 14.7. The number of carbonyl (C=O) groups excluding carboxylic acids is 1. The molecule has 7 heteroatoms. The highest BCUT2D eigenvalue weighted by Crippen LogP contribution is 2.25. The van der Waals surface area contributed by atoms with Crippen molar-refractivity contribution in [3.63, 3.8) is 0 Å². The lowest BCUT2D eigenvalue weighted by atomic mass is 9.93. The number of amides is 1. The topological polar surface area (TPSA) is 66.9 Å². The van der Waals surface area contributed by atoms with Crippen molar-refractivity contribution in [2.24, 2.45) is 11.8 Å². The second-order valence-electron chi connectivity index (χ2n) is 7.83. The fraction of sp³-hybridized carbons (Fsp3) is 0.650. The normalized spacial score (nSPS) is 20.6. The van der Waals surface area contributed by atoms with Crippen molar-refractivity contribution < 1.29 is 17.9 Å². The number of benzene rings is 1. The van der Waals surface area contributed by atoms with Crippen LogP contribution < -0.4 is 4.74 Å². The Labute approximate surface area is 162 Å². The Kier molecular flexibility index (Phi) is 6.42. The van der Waals surface area contributed by atoms with E-state index in [0.29, 0.717) is 38.5 Å². The predicted octanol–water partition coefficient (Wildman–Crippen LogP) is 2.28. The Morgan fingerprint density at radius 1 is 1.11 bits per heavy atom. The monoisotopic (exact) mass is 394 g/mol. The highest BCUT2D eigenvalue weighted by atomic mass is 32.2. The Hall–Kier alpha value is -1.60. The minimum absolute atomic E-state index is 0.0388. The highest BCUT2D eigenvalue weighted by Gasteiger charge is 2.33. The first kappa shape index (κ1) is 20.1. The lowest BCUT2D eigenvalue weighted by Gasteiger charge is -2.36. The van der Waals surface area contributed by atoms with Crippen molar-refractivity contribution >= 4 is 15.9 Å². The maximum Gasteiger partial charge on any atom is 0.225 e. The van der Waals surface area contributed by atoms with Crippen LogP contribution >= 0.6 is 0 Å². The van der Waals surface area contributed by atoms with Gasteiger partial charge >= 0.3 is 0 Å². The SMILES string of the molecule is Cc1cccc(OCC2CCN(C(=O)C3CCN(S(C)(=O)=O)CC3)CC2)c1. The van der Waals surface area contributed by atoms with Crippen molar-refractivity contribution in [3.05, 3.63) is 29.8 Å². The van der Waals surface area contributed by atoms with E-state index in [0.717, 1.165) is 31.7 Å². The van der Waals surface area contributed by atoms with Crippen LogP contribution in [0.5, 0.6) is 5.75 Å². The van der Waals surface area contributed by atoms with Crippen LogP contribution in [-0.4, -0.2) is 62.6 Å². The van der Waals surface area contributed by atoms with Crippen molar-refractivity contribution in [3.8, 4) is 5.75 Å². The van der Waals surface area contributed by atoms with Crippen LogP contribution in [0.2, 0.25) is 0 Å². The van der Waals surface area contributed by atoms with Crippen LogP contribution in [0.15, 0.2) is 24.3 Å². The Morgan fingerprint density at radius 3 is 2.37 bits per heavy atom. The number of sulfonamides is 1. The predicted molar refractivity (Wildman–Crippen MR) is 105 cm³/mol. The minimum atomic E-state index is -3.14. The minimum Gasteiger partial charge on any atom is -0.493 e. The van der Waals surface area contributed by atoms with Gasteiger partial charge in [-0.05, 0) is 56.2 Å². The third-order valence-electron chi connectivity index (χ3n) is 5.67. The first-order chi connectivity index (χ1) is 12.8. The Bertz CT molecular complexity index is 749. The van der Waals surface area contributed by atoms with Crippen molar-refractivity contribution in [1.29, 1.82) is 0 Å². The summed E-state index contributed by atoms with van der Waals surface area (Å²) in [5, 5.41) is 0. The molecule has 0 bridgehead atoms. The zero-order valence-electron chi connectivity index (χ0n) is 16.3. The summed E-state index contributed by atoms with van der Waals surface area (Å²) >= 11 is 0. The van der Waals surface area contributed by atoms with Crippen LogP contribution in [0.3, 0.4) is 0 Å². The fourth-order valence-electron chi connectivity index (χ4n) is 3.93. The van der Waals surface area contributed by atoms with Crippen molar-refractivity contribution in [2.45, 2.75) is 32.6 Å². The second-order valence-corrected chi connectivity index (χ2v) is 9.81. The van der Waals surface area contributed by atoms with E-state index in [1.165, 1.54) is 16.1 Å².